The quantitative estimate of drug-likeness (QED) is 0.283. The zero-order valence-corrected chi connectivity index (χ0v) is 17.6. The summed E-state index contributed by atoms with van der Waals surface area (Å²) in [5, 5.41) is 9.52. The number of ether oxygens (including phenoxy) is 2. The van der Waals surface area contributed by atoms with Crippen LogP contribution in [0.4, 0.5) is 0 Å². The number of aliphatic hydroxyl groups is 1. The predicted molar refractivity (Wildman–Crippen MR) is 111 cm³/mol. The zero-order chi connectivity index (χ0) is 18.7. The molecule has 1 heterocycles. The lowest BCUT2D eigenvalue weighted by Gasteiger charge is -2.26. The summed E-state index contributed by atoms with van der Waals surface area (Å²) in [6, 6.07) is 0. The molecule has 156 valence electrons. The summed E-state index contributed by atoms with van der Waals surface area (Å²) < 4.78 is 11.1. The molecule has 1 aliphatic rings. The summed E-state index contributed by atoms with van der Waals surface area (Å²) in [5.41, 5.74) is 0. The molecule has 2 atom stereocenters. The third kappa shape index (κ3) is 15.0. The van der Waals surface area contributed by atoms with Gasteiger partial charge in [0.05, 0.1) is 25.4 Å². The highest BCUT2D eigenvalue weighted by molar-refractivity contribution is 4.69. The van der Waals surface area contributed by atoms with Crippen molar-refractivity contribution < 1.29 is 14.6 Å². The van der Waals surface area contributed by atoms with E-state index in [9.17, 15) is 5.11 Å². The topological polar surface area (TPSA) is 38.7 Å². The van der Waals surface area contributed by atoms with Crippen molar-refractivity contribution in [3.05, 3.63) is 0 Å². The molecular formula is C23H46O3. The zero-order valence-electron chi connectivity index (χ0n) is 17.6. The van der Waals surface area contributed by atoms with E-state index < -0.39 is 0 Å². The third-order valence-electron chi connectivity index (χ3n) is 5.50. The summed E-state index contributed by atoms with van der Waals surface area (Å²) in [6.45, 7) is 4.23. The lowest BCUT2D eigenvalue weighted by atomic mass is 10.0. The second-order valence-corrected chi connectivity index (χ2v) is 8.22. The number of rotatable bonds is 18. The lowest BCUT2D eigenvalue weighted by Crippen LogP contribution is -2.34. The first-order valence-corrected chi connectivity index (χ1v) is 11.7. The molecule has 1 aliphatic heterocycles. The minimum absolute atomic E-state index is 0.107. The largest absolute Gasteiger partial charge is 0.391 e. The summed E-state index contributed by atoms with van der Waals surface area (Å²) in [6.07, 6.45) is 22.8. The van der Waals surface area contributed by atoms with Crippen molar-refractivity contribution in [2.24, 2.45) is 0 Å². The summed E-state index contributed by atoms with van der Waals surface area (Å²) in [5.74, 6) is 0. The van der Waals surface area contributed by atoms with Crippen molar-refractivity contribution in [2.45, 2.75) is 128 Å². The van der Waals surface area contributed by atoms with Crippen LogP contribution in [0.5, 0.6) is 0 Å². The van der Waals surface area contributed by atoms with Crippen LogP contribution >= 0.6 is 0 Å². The molecule has 0 aromatic rings. The first-order valence-electron chi connectivity index (χ1n) is 11.7. The molecule has 0 bridgehead atoms. The molecule has 0 aliphatic carbocycles. The molecule has 1 saturated heterocycles. The fraction of sp³-hybridized carbons (Fsp3) is 1.00. The molecule has 3 nitrogen and oxygen atoms in total. The van der Waals surface area contributed by atoms with Gasteiger partial charge in [-0.3, -0.25) is 0 Å². The summed E-state index contributed by atoms with van der Waals surface area (Å²) in [4.78, 5) is 0. The van der Waals surface area contributed by atoms with Gasteiger partial charge in [-0.05, 0) is 6.42 Å². The Labute approximate surface area is 163 Å². The number of unbranched alkanes of at least 4 members (excludes halogenated alkanes) is 15. The van der Waals surface area contributed by atoms with Gasteiger partial charge in [-0.15, -0.1) is 0 Å². The molecular weight excluding hydrogens is 324 g/mol. The number of aliphatic hydroxyl groups excluding tert-OH is 1. The van der Waals surface area contributed by atoms with E-state index in [1.165, 1.54) is 96.3 Å². The molecule has 0 aromatic heterocycles. The standard InChI is InChI=1S/C23H46O3/c1-2-3-4-5-6-7-8-9-10-11-12-13-14-15-16-17-18-26-23-19-22(24)20-25-21-23/h22-24H,2-21H2,1H3. The molecule has 3 heteroatoms. The maximum absolute atomic E-state index is 9.52. The Morgan fingerprint density at radius 3 is 1.62 bits per heavy atom. The van der Waals surface area contributed by atoms with Gasteiger partial charge in [-0.25, -0.2) is 0 Å². The molecule has 2 unspecified atom stereocenters. The highest BCUT2D eigenvalue weighted by atomic mass is 16.5. The van der Waals surface area contributed by atoms with Crippen molar-refractivity contribution in [2.75, 3.05) is 19.8 Å². The van der Waals surface area contributed by atoms with Gasteiger partial charge in [-0.2, -0.15) is 0 Å². The van der Waals surface area contributed by atoms with Crippen LogP contribution in [-0.4, -0.2) is 37.1 Å². The van der Waals surface area contributed by atoms with Gasteiger partial charge in [0.25, 0.3) is 0 Å². The Bertz CT molecular complexity index is 283. The van der Waals surface area contributed by atoms with Gasteiger partial charge < -0.3 is 14.6 Å². The number of hydrogen-bond acceptors (Lipinski definition) is 3. The second kappa shape index (κ2) is 18.3. The van der Waals surface area contributed by atoms with Crippen LogP contribution in [0.15, 0.2) is 0 Å². The van der Waals surface area contributed by atoms with E-state index in [4.69, 9.17) is 9.47 Å². The first-order chi connectivity index (χ1) is 12.8. The van der Waals surface area contributed by atoms with Crippen molar-refractivity contribution in [3.8, 4) is 0 Å². The molecule has 26 heavy (non-hydrogen) atoms. The van der Waals surface area contributed by atoms with Crippen molar-refractivity contribution in [1.82, 2.24) is 0 Å². The number of hydrogen-bond donors (Lipinski definition) is 1. The van der Waals surface area contributed by atoms with Gasteiger partial charge in [0.15, 0.2) is 0 Å². The average Bonchev–Trinajstić information content (AvgIpc) is 2.64. The molecule has 0 amide bonds. The van der Waals surface area contributed by atoms with Gasteiger partial charge in [0.1, 0.15) is 0 Å². The highest BCUT2D eigenvalue weighted by Crippen LogP contribution is 2.14. The van der Waals surface area contributed by atoms with Crippen LogP contribution in [-0.2, 0) is 9.47 Å². The smallest absolute Gasteiger partial charge is 0.0833 e. The van der Waals surface area contributed by atoms with Crippen LogP contribution in [0.25, 0.3) is 0 Å². The molecule has 0 spiro atoms. The Balaban J connectivity index is 1.68. The molecule has 1 rings (SSSR count). The SMILES string of the molecule is CCCCCCCCCCCCCCCCCCOC1COCC(O)C1. The second-order valence-electron chi connectivity index (χ2n) is 8.22. The fourth-order valence-electron chi connectivity index (χ4n) is 3.79. The van der Waals surface area contributed by atoms with Crippen LogP contribution in [0.1, 0.15) is 116 Å². The van der Waals surface area contributed by atoms with Crippen molar-refractivity contribution >= 4 is 0 Å². The van der Waals surface area contributed by atoms with E-state index >= 15 is 0 Å². The monoisotopic (exact) mass is 370 g/mol. The van der Waals surface area contributed by atoms with E-state index in [-0.39, 0.29) is 12.2 Å². The van der Waals surface area contributed by atoms with Crippen LogP contribution in [0.2, 0.25) is 0 Å². The maximum atomic E-state index is 9.52. The lowest BCUT2D eigenvalue weighted by molar-refractivity contribution is -0.0989. The van der Waals surface area contributed by atoms with Gasteiger partial charge in [-0.1, -0.05) is 103 Å². The first kappa shape index (κ1) is 23.9. The van der Waals surface area contributed by atoms with Gasteiger partial charge >= 0.3 is 0 Å². The molecule has 0 saturated carbocycles. The Morgan fingerprint density at radius 1 is 0.692 bits per heavy atom. The molecule has 1 N–H and O–H groups in total. The molecule has 0 aromatic carbocycles. The fourth-order valence-corrected chi connectivity index (χ4v) is 3.79. The van der Waals surface area contributed by atoms with Crippen molar-refractivity contribution in [3.63, 3.8) is 0 Å². The van der Waals surface area contributed by atoms with Gasteiger partial charge in [0, 0.05) is 13.0 Å². The van der Waals surface area contributed by atoms with Crippen LogP contribution in [0.3, 0.4) is 0 Å². The van der Waals surface area contributed by atoms with E-state index in [0.29, 0.717) is 13.2 Å². The Hall–Kier alpha value is -0.120. The average molecular weight is 371 g/mol. The van der Waals surface area contributed by atoms with E-state index in [2.05, 4.69) is 6.92 Å². The normalized spacial score (nSPS) is 20.5. The summed E-state index contributed by atoms with van der Waals surface area (Å²) in [7, 11) is 0. The molecule has 1 fully saturated rings. The minimum Gasteiger partial charge on any atom is -0.391 e. The van der Waals surface area contributed by atoms with E-state index in [1.54, 1.807) is 0 Å². The third-order valence-corrected chi connectivity index (χ3v) is 5.50. The van der Waals surface area contributed by atoms with E-state index in [0.717, 1.165) is 19.4 Å². The van der Waals surface area contributed by atoms with Crippen molar-refractivity contribution in [1.29, 1.82) is 0 Å². The highest BCUT2D eigenvalue weighted by Gasteiger charge is 2.20. The predicted octanol–water partition coefficient (Wildman–Crippen LogP) is 6.41. The minimum atomic E-state index is -0.334. The summed E-state index contributed by atoms with van der Waals surface area (Å²) >= 11 is 0. The van der Waals surface area contributed by atoms with E-state index in [1.807, 2.05) is 0 Å². The molecule has 0 radical (unpaired) electrons. The van der Waals surface area contributed by atoms with Crippen LogP contribution < -0.4 is 0 Å². The van der Waals surface area contributed by atoms with Gasteiger partial charge in [0.2, 0.25) is 0 Å². The Kier molecular flexibility index (Phi) is 16.8. The Morgan fingerprint density at radius 2 is 1.15 bits per heavy atom. The maximum Gasteiger partial charge on any atom is 0.0833 e. The van der Waals surface area contributed by atoms with Crippen LogP contribution in [0, 0.1) is 0 Å².